The Hall–Kier alpha value is -1.99. The molecule has 4 rings (SSSR count). The van der Waals surface area contributed by atoms with Crippen LogP contribution in [0.4, 0.5) is 5.82 Å². The van der Waals surface area contributed by atoms with Crippen molar-refractivity contribution in [2.75, 3.05) is 12.3 Å². The Morgan fingerprint density at radius 1 is 1.38 bits per heavy atom. The van der Waals surface area contributed by atoms with Gasteiger partial charge in [-0.25, -0.2) is 9.97 Å². The van der Waals surface area contributed by atoms with Gasteiger partial charge in [-0.15, -0.1) is 11.3 Å². The Labute approximate surface area is 129 Å². The smallest absolute Gasteiger partial charge is 0.255 e. The molecule has 2 N–H and O–H groups in total. The van der Waals surface area contributed by atoms with Crippen molar-refractivity contribution in [2.24, 2.45) is 0 Å². The summed E-state index contributed by atoms with van der Waals surface area (Å²) in [5.41, 5.74) is 7.95. The molecule has 1 aliphatic heterocycles. The molecule has 0 unspecified atom stereocenters. The average molecular weight is 316 g/mol. The van der Waals surface area contributed by atoms with Crippen LogP contribution in [-0.4, -0.2) is 27.3 Å². The van der Waals surface area contributed by atoms with Crippen LogP contribution in [0.15, 0.2) is 23.2 Å². The van der Waals surface area contributed by atoms with Crippen LogP contribution in [-0.2, 0) is 13.0 Å². The number of nitrogens with two attached hydrogens (primary N) is 1. The summed E-state index contributed by atoms with van der Waals surface area (Å²) in [6.45, 7) is 1.34. The first kappa shape index (κ1) is 12.7. The third-order valence-corrected chi connectivity index (χ3v) is 5.53. The fourth-order valence-corrected chi connectivity index (χ4v) is 4.53. The molecule has 3 aromatic rings. The number of fused-ring (bicyclic) bond motifs is 3. The van der Waals surface area contributed by atoms with Crippen LogP contribution in [0.3, 0.4) is 0 Å². The van der Waals surface area contributed by atoms with Gasteiger partial charge in [0.2, 0.25) is 0 Å². The van der Waals surface area contributed by atoms with Crippen LogP contribution in [0.25, 0.3) is 10.2 Å². The van der Waals surface area contributed by atoms with Crippen molar-refractivity contribution < 1.29 is 4.79 Å². The van der Waals surface area contributed by atoms with E-state index >= 15 is 0 Å². The zero-order valence-electron chi connectivity index (χ0n) is 11.1. The van der Waals surface area contributed by atoms with E-state index in [0.717, 1.165) is 22.2 Å². The van der Waals surface area contributed by atoms with Crippen LogP contribution in [0.5, 0.6) is 0 Å². The highest BCUT2D eigenvalue weighted by atomic mass is 32.1. The first-order chi connectivity index (χ1) is 10.2. The van der Waals surface area contributed by atoms with E-state index in [1.807, 2.05) is 21.7 Å². The fourth-order valence-electron chi connectivity index (χ4n) is 2.69. The summed E-state index contributed by atoms with van der Waals surface area (Å²) in [5.74, 6) is 0.633. The average Bonchev–Trinajstić information content (AvgIpc) is 3.13. The number of thiophene rings is 2. The second-order valence-corrected chi connectivity index (χ2v) is 6.80. The van der Waals surface area contributed by atoms with E-state index < -0.39 is 0 Å². The molecular weight excluding hydrogens is 304 g/mol. The lowest BCUT2D eigenvalue weighted by atomic mass is 10.0. The summed E-state index contributed by atoms with van der Waals surface area (Å²) < 4.78 is 0. The predicted molar refractivity (Wildman–Crippen MR) is 84.6 cm³/mol. The van der Waals surface area contributed by atoms with Crippen molar-refractivity contribution in [3.8, 4) is 0 Å². The van der Waals surface area contributed by atoms with Crippen LogP contribution in [0, 0.1) is 0 Å². The number of nitrogens with zero attached hydrogens (tertiary/aromatic N) is 3. The minimum Gasteiger partial charge on any atom is -0.383 e. The quantitative estimate of drug-likeness (QED) is 0.749. The van der Waals surface area contributed by atoms with Crippen molar-refractivity contribution in [3.63, 3.8) is 0 Å². The molecular formula is C14H12N4OS2. The molecule has 0 aromatic carbocycles. The third kappa shape index (κ3) is 2.00. The molecule has 0 fully saturated rings. The number of carbonyl (C=O) groups excluding carboxylic acids is 1. The number of aromatic nitrogens is 2. The maximum atomic E-state index is 12.4. The Morgan fingerprint density at radius 3 is 3.10 bits per heavy atom. The molecule has 0 aliphatic carbocycles. The highest BCUT2D eigenvalue weighted by molar-refractivity contribution is 7.19. The molecule has 106 valence electrons. The highest BCUT2D eigenvalue weighted by Gasteiger charge is 2.26. The molecule has 1 aliphatic rings. The van der Waals surface area contributed by atoms with E-state index in [1.165, 1.54) is 16.8 Å². The van der Waals surface area contributed by atoms with Gasteiger partial charge >= 0.3 is 0 Å². The van der Waals surface area contributed by atoms with Gasteiger partial charge in [-0.2, -0.15) is 11.3 Å². The molecule has 0 saturated heterocycles. The SMILES string of the molecule is Nc1ncnc2sc3c(c12)CCN(C(=O)c1ccsc1)C3. The number of hydrogen-bond acceptors (Lipinski definition) is 6. The molecule has 1 amide bonds. The van der Waals surface area contributed by atoms with E-state index in [0.29, 0.717) is 18.9 Å². The topological polar surface area (TPSA) is 72.1 Å². The molecule has 21 heavy (non-hydrogen) atoms. The van der Waals surface area contributed by atoms with Crippen LogP contribution < -0.4 is 5.73 Å². The van der Waals surface area contributed by atoms with Gasteiger partial charge in [-0.05, 0) is 23.4 Å². The molecule has 0 saturated carbocycles. The Morgan fingerprint density at radius 2 is 2.29 bits per heavy atom. The molecule has 0 radical (unpaired) electrons. The van der Waals surface area contributed by atoms with E-state index in [9.17, 15) is 4.79 Å². The second-order valence-electron chi connectivity index (χ2n) is 4.93. The van der Waals surface area contributed by atoms with Crippen molar-refractivity contribution >= 4 is 44.6 Å². The lowest BCUT2D eigenvalue weighted by Gasteiger charge is -2.26. The summed E-state index contributed by atoms with van der Waals surface area (Å²) in [7, 11) is 0. The van der Waals surface area contributed by atoms with Gasteiger partial charge in [0.25, 0.3) is 5.91 Å². The third-order valence-electron chi connectivity index (χ3n) is 3.72. The monoisotopic (exact) mass is 316 g/mol. The molecule has 0 atom stereocenters. The molecule has 0 bridgehead atoms. The van der Waals surface area contributed by atoms with E-state index in [-0.39, 0.29) is 5.91 Å². The van der Waals surface area contributed by atoms with Crippen LogP contribution >= 0.6 is 22.7 Å². The number of carbonyl (C=O) groups is 1. The van der Waals surface area contributed by atoms with E-state index in [2.05, 4.69) is 9.97 Å². The van der Waals surface area contributed by atoms with Gasteiger partial charge in [0.1, 0.15) is 17.0 Å². The number of amides is 1. The Kier molecular flexibility index (Phi) is 2.90. The van der Waals surface area contributed by atoms with Crippen LogP contribution in [0.2, 0.25) is 0 Å². The maximum absolute atomic E-state index is 12.4. The normalized spacial score (nSPS) is 14.4. The van der Waals surface area contributed by atoms with Crippen molar-refractivity contribution in [1.29, 1.82) is 0 Å². The summed E-state index contributed by atoms with van der Waals surface area (Å²) in [6.07, 6.45) is 2.30. The first-order valence-electron chi connectivity index (χ1n) is 6.56. The van der Waals surface area contributed by atoms with Crippen LogP contribution in [0.1, 0.15) is 20.8 Å². The number of anilines is 1. The maximum Gasteiger partial charge on any atom is 0.255 e. The second kappa shape index (κ2) is 4.78. The molecule has 3 aromatic heterocycles. The molecule has 4 heterocycles. The summed E-state index contributed by atoms with van der Waals surface area (Å²) >= 11 is 3.15. The molecule has 7 heteroatoms. The highest BCUT2D eigenvalue weighted by Crippen LogP contribution is 2.36. The Bertz CT molecular complexity index is 825. The number of hydrogen-bond donors (Lipinski definition) is 1. The van der Waals surface area contributed by atoms with Gasteiger partial charge in [0.15, 0.2) is 0 Å². The van der Waals surface area contributed by atoms with E-state index in [1.54, 1.807) is 22.7 Å². The van der Waals surface area contributed by atoms with Gasteiger partial charge in [-0.3, -0.25) is 4.79 Å². The standard InChI is InChI=1S/C14H12N4OS2/c15-12-11-9-1-3-18(14(19)8-2-4-20-6-8)5-10(9)21-13(11)17-7-16-12/h2,4,6-7H,1,3,5H2,(H2,15,16,17). The van der Waals surface area contributed by atoms with Crippen molar-refractivity contribution in [3.05, 3.63) is 39.2 Å². The summed E-state index contributed by atoms with van der Waals surface area (Å²) in [4.78, 5) is 24.8. The zero-order valence-corrected chi connectivity index (χ0v) is 12.7. The Balaban J connectivity index is 1.71. The molecule has 5 nitrogen and oxygen atoms in total. The van der Waals surface area contributed by atoms with Gasteiger partial charge in [0, 0.05) is 16.8 Å². The minimum absolute atomic E-state index is 0.0958. The first-order valence-corrected chi connectivity index (χ1v) is 8.32. The van der Waals surface area contributed by atoms with Crippen molar-refractivity contribution in [2.45, 2.75) is 13.0 Å². The summed E-state index contributed by atoms with van der Waals surface area (Å²) in [6, 6.07) is 1.87. The molecule has 0 spiro atoms. The van der Waals surface area contributed by atoms with Gasteiger partial charge in [0.05, 0.1) is 17.5 Å². The lowest BCUT2D eigenvalue weighted by Crippen LogP contribution is -2.35. The fraction of sp³-hybridized carbons (Fsp3) is 0.214. The predicted octanol–water partition coefficient (Wildman–Crippen LogP) is 2.53. The number of nitrogen functional groups attached to an aromatic ring is 1. The summed E-state index contributed by atoms with van der Waals surface area (Å²) in [5, 5.41) is 4.80. The van der Waals surface area contributed by atoms with Crippen molar-refractivity contribution in [1.82, 2.24) is 14.9 Å². The number of rotatable bonds is 1. The largest absolute Gasteiger partial charge is 0.383 e. The van der Waals surface area contributed by atoms with E-state index in [4.69, 9.17) is 5.73 Å². The van der Waals surface area contributed by atoms with Gasteiger partial charge in [-0.1, -0.05) is 0 Å². The lowest BCUT2D eigenvalue weighted by molar-refractivity contribution is 0.0738. The van der Waals surface area contributed by atoms with Gasteiger partial charge < -0.3 is 10.6 Å². The minimum atomic E-state index is 0.0958. The zero-order chi connectivity index (χ0) is 14.4.